The normalized spacial score (nSPS) is 16.3. The molecule has 4 rings (SSSR count). The Morgan fingerprint density at radius 3 is 2.92 bits per heavy atom. The van der Waals surface area contributed by atoms with Crippen molar-refractivity contribution in [2.45, 2.75) is 38.3 Å². The minimum absolute atomic E-state index is 0.115. The number of nitrogens with one attached hydrogen (secondary N) is 2. The van der Waals surface area contributed by atoms with Crippen LogP contribution in [0.4, 0.5) is 22.1 Å². The summed E-state index contributed by atoms with van der Waals surface area (Å²) >= 11 is 1.68. The van der Waals surface area contributed by atoms with E-state index in [2.05, 4.69) is 26.7 Å². The number of likely N-dealkylation sites (N-methyl/N-ethyl adjacent to an activating group) is 1. The lowest BCUT2D eigenvalue weighted by Gasteiger charge is -2.29. The maximum absolute atomic E-state index is 13.2. The molecular formula is C26H31N7O4S. The van der Waals surface area contributed by atoms with Gasteiger partial charge < -0.3 is 15.0 Å². The predicted octanol–water partition coefficient (Wildman–Crippen LogP) is 3.06. The van der Waals surface area contributed by atoms with E-state index in [0.29, 0.717) is 67.3 Å². The van der Waals surface area contributed by atoms with Crippen LogP contribution in [0.2, 0.25) is 0 Å². The second-order valence-electron chi connectivity index (χ2n) is 9.16. The van der Waals surface area contributed by atoms with Crippen molar-refractivity contribution in [3.8, 4) is 6.07 Å². The number of hydrogen-bond donors (Lipinski definition) is 2. The lowest BCUT2D eigenvalue weighted by molar-refractivity contribution is -0.140. The fourth-order valence-corrected chi connectivity index (χ4v) is 4.87. The van der Waals surface area contributed by atoms with Crippen LogP contribution in [-0.2, 0) is 22.5 Å². The lowest BCUT2D eigenvalue weighted by Crippen LogP contribution is -2.40. The number of nitrogens with zero attached hydrogens (tertiary/aromatic N) is 5. The molecule has 2 aromatic rings. The van der Waals surface area contributed by atoms with Gasteiger partial charge in [0.25, 0.3) is 5.91 Å². The summed E-state index contributed by atoms with van der Waals surface area (Å²) in [5.41, 5.74) is 2.63. The van der Waals surface area contributed by atoms with Gasteiger partial charge in [-0.25, -0.2) is 14.8 Å². The van der Waals surface area contributed by atoms with E-state index in [0.717, 1.165) is 24.2 Å². The van der Waals surface area contributed by atoms with Crippen LogP contribution in [0.25, 0.3) is 0 Å². The molecular weight excluding hydrogens is 506 g/mol. The lowest BCUT2D eigenvalue weighted by atomic mass is 10.0. The number of ether oxygens (including phenoxy) is 1. The molecule has 1 saturated heterocycles. The highest BCUT2D eigenvalue weighted by atomic mass is 32.2. The second kappa shape index (κ2) is 12.7. The first kappa shape index (κ1) is 27.3. The first-order valence-electron chi connectivity index (χ1n) is 12.5. The molecule has 1 fully saturated rings. The maximum atomic E-state index is 13.2. The minimum Gasteiger partial charge on any atom is -0.383 e. The Hall–Kier alpha value is -3.69. The van der Waals surface area contributed by atoms with Gasteiger partial charge in [-0.15, -0.1) is 0 Å². The van der Waals surface area contributed by atoms with E-state index in [-0.39, 0.29) is 18.1 Å². The third-order valence-electron chi connectivity index (χ3n) is 6.50. The number of aryl methyl sites for hydroxylation is 1. The number of rotatable bonds is 9. The topological polar surface area (TPSA) is 141 Å². The molecule has 0 aromatic carbocycles. The fraction of sp³-hybridized carbons (Fsp3) is 0.462. The van der Waals surface area contributed by atoms with Gasteiger partial charge in [-0.05, 0) is 43.6 Å². The summed E-state index contributed by atoms with van der Waals surface area (Å²) in [6.07, 6.45) is 6.59. The third kappa shape index (κ3) is 6.23. The van der Waals surface area contributed by atoms with Crippen LogP contribution in [0.15, 0.2) is 18.3 Å². The number of pyridine rings is 2. The van der Waals surface area contributed by atoms with E-state index < -0.39 is 12.1 Å². The van der Waals surface area contributed by atoms with Gasteiger partial charge in [0.15, 0.2) is 6.29 Å². The van der Waals surface area contributed by atoms with Crippen LogP contribution in [0, 0.1) is 11.3 Å². The highest BCUT2D eigenvalue weighted by Crippen LogP contribution is 2.29. The Labute approximate surface area is 225 Å². The fourth-order valence-electron chi connectivity index (χ4n) is 4.56. The van der Waals surface area contributed by atoms with Crippen LogP contribution in [-0.4, -0.2) is 77.9 Å². The number of thioether (sulfide) groups is 1. The molecule has 0 saturated carbocycles. The number of carbonyl (C=O) groups excluding carboxylic acids is 3. The molecule has 0 spiro atoms. The number of carbonyl (C=O) groups is 3. The van der Waals surface area contributed by atoms with Crippen LogP contribution in [0.3, 0.4) is 0 Å². The van der Waals surface area contributed by atoms with Crippen molar-refractivity contribution < 1.29 is 19.1 Å². The summed E-state index contributed by atoms with van der Waals surface area (Å²) in [5.74, 6) is 1.47. The molecule has 0 radical (unpaired) electrons. The van der Waals surface area contributed by atoms with E-state index in [4.69, 9.17) is 4.74 Å². The predicted molar refractivity (Wildman–Crippen MR) is 146 cm³/mol. The Balaban J connectivity index is 1.51. The molecule has 3 amide bonds. The molecule has 2 aliphatic rings. The number of fused-ring (bicyclic) bond motifs is 1. The van der Waals surface area contributed by atoms with Gasteiger partial charge in [-0.2, -0.15) is 17.0 Å². The first-order valence-corrected chi connectivity index (χ1v) is 13.9. The van der Waals surface area contributed by atoms with Crippen LogP contribution in [0.5, 0.6) is 0 Å². The average Bonchev–Trinajstić information content (AvgIpc) is 3.47. The van der Waals surface area contributed by atoms with Crippen molar-refractivity contribution in [1.29, 1.82) is 5.26 Å². The zero-order valence-corrected chi connectivity index (χ0v) is 22.3. The van der Waals surface area contributed by atoms with Gasteiger partial charge in [0.05, 0.1) is 11.3 Å². The summed E-state index contributed by atoms with van der Waals surface area (Å²) in [7, 11) is 1.69. The van der Waals surface area contributed by atoms with Gasteiger partial charge in [-0.3, -0.25) is 19.8 Å². The highest BCUT2D eigenvalue weighted by Gasteiger charge is 2.29. The standard InChI is InChI=1S/C26H31N7O4S/c1-32(25(35)22-6-4-9-37-22)15-18-11-17-5-3-8-33(24(17)30-21(18)16-34)26(36)31-23-12-20(28-7-10-38-2)19(13-27)14-29-23/h11-12,14,16,22H,3-10,15H2,1-2H3,(H2,28,29,31,36)/t22-/m1/s1. The number of urea groups is 1. The van der Waals surface area contributed by atoms with E-state index in [1.165, 1.54) is 11.1 Å². The molecule has 200 valence electrons. The van der Waals surface area contributed by atoms with Crippen LogP contribution >= 0.6 is 11.8 Å². The molecule has 1 atom stereocenters. The first-order chi connectivity index (χ1) is 18.4. The summed E-state index contributed by atoms with van der Waals surface area (Å²) < 4.78 is 5.50. The van der Waals surface area contributed by atoms with Crippen molar-refractivity contribution in [3.63, 3.8) is 0 Å². The second-order valence-corrected chi connectivity index (χ2v) is 10.1. The molecule has 2 aromatic heterocycles. The van der Waals surface area contributed by atoms with Crippen molar-refractivity contribution in [2.75, 3.05) is 54.3 Å². The van der Waals surface area contributed by atoms with Gasteiger partial charge >= 0.3 is 6.03 Å². The molecule has 0 bridgehead atoms. The summed E-state index contributed by atoms with van der Waals surface area (Å²) in [6.45, 7) is 1.90. The monoisotopic (exact) mass is 537 g/mol. The quantitative estimate of drug-likeness (QED) is 0.365. The Morgan fingerprint density at radius 2 is 2.21 bits per heavy atom. The molecule has 0 aliphatic carbocycles. The molecule has 2 aliphatic heterocycles. The molecule has 12 heteroatoms. The van der Waals surface area contributed by atoms with Crippen molar-refractivity contribution in [3.05, 3.63) is 40.7 Å². The molecule has 2 N–H and O–H groups in total. The summed E-state index contributed by atoms with van der Waals surface area (Å²) in [4.78, 5) is 49.7. The summed E-state index contributed by atoms with van der Waals surface area (Å²) in [6, 6.07) is 5.17. The number of aldehydes is 1. The number of hydrogen-bond acceptors (Lipinski definition) is 9. The number of aromatic nitrogens is 2. The third-order valence-corrected chi connectivity index (χ3v) is 7.11. The molecule has 38 heavy (non-hydrogen) atoms. The van der Waals surface area contributed by atoms with E-state index in [1.807, 2.05) is 12.3 Å². The largest absolute Gasteiger partial charge is 0.383 e. The SMILES string of the molecule is CSCCNc1cc(NC(=O)N2CCCc3cc(CN(C)C(=O)[C@H]4CCCO4)c(C=O)nc32)ncc1C#N. The maximum Gasteiger partial charge on any atom is 0.328 e. The Bertz CT molecular complexity index is 1240. The van der Waals surface area contributed by atoms with E-state index in [9.17, 15) is 19.6 Å². The van der Waals surface area contributed by atoms with Gasteiger partial charge in [0.1, 0.15) is 29.5 Å². The zero-order valence-electron chi connectivity index (χ0n) is 21.5. The zero-order chi connectivity index (χ0) is 27.1. The number of amides is 3. The van der Waals surface area contributed by atoms with Crippen LogP contribution in [0.1, 0.15) is 46.4 Å². The molecule has 0 unspecified atom stereocenters. The average molecular weight is 538 g/mol. The van der Waals surface area contributed by atoms with E-state index >= 15 is 0 Å². The summed E-state index contributed by atoms with van der Waals surface area (Å²) in [5, 5.41) is 15.4. The van der Waals surface area contributed by atoms with Crippen molar-refractivity contribution >= 4 is 47.3 Å². The van der Waals surface area contributed by atoms with Gasteiger partial charge in [0.2, 0.25) is 0 Å². The smallest absolute Gasteiger partial charge is 0.328 e. The van der Waals surface area contributed by atoms with Gasteiger partial charge in [-0.1, -0.05) is 0 Å². The number of anilines is 3. The van der Waals surface area contributed by atoms with Gasteiger partial charge in [0, 0.05) is 56.9 Å². The van der Waals surface area contributed by atoms with E-state index in [1.54, 1.807) is 29.8 Å². The minimum atomic E-state index is -0.443. The molecule has 4 heterocycles. The Kier molecular flexibility index (Phi) is 9.15. The molecule has 11 nitrogen and oxygen atoms in total. The van der Waals surface area contributed by atoms with Crippen LogP contribution < -0.4 is 15.5 Å². The van der Waals surface area contributed by atoms with Crippen molar-refractivity contribution in [2.24, 2.45) is 0 Å². The number of nitriles is 1. The van der Waals surface area contributed by atoms with Crippen molar-refractivity contribution in [1.82, 2.24) is 14.9 Å². The Morgan fingerprint density at radius 1 is 1.37 bits per heavy atom. The highest BCUT2D eigenvalue weighted by molar-refractivity contribution is 7.98.